The summed E-state index contributed by atoms with van der Waals surface area (Å²) < 4.78 is 22.2. The van der Waals surface area contributed by atoms with Crippen LogP contribution in [0, 0.1) is 0 Å². The number of hydrogen-bond donors (Lipinski definition) is 1. The van der Waals surface area contributed by atoms with Crippen molar-refractivity contribution >= 4 is 22.2 Å². The van der Waals surface area contributed by atoms with Gasteiger partial charge in [0.15, 0.2) is 0 Å². The van der Waals surface area contributed by atoms with Gasteiger partial charge in [0, 0.05) is 11.4 Å². The van der Waals surface area contributed by atoms with Crippen LogP contribution in [0.5, 0.6) is 0 Å². The second-order valence-corrected chi connectivity index (χ2v) is 4.88. The summed E-state index contributed by atoms with van der Waals surface area (Å²) in [5.41, 5.74) is 0. The van der Waals surface area contributed by atoms with Gasteiger partial charge in [0.25, 0.3) is 0 Å². The standard InChI is InChI=1S/C8H9N3O2S/c9-14(12,13)7-1-2-8-6(3-7)4-10-5-11-8/h2-5,7H,1H2,(H2,9,12,13). The van der Waals surface area contributed by atoms with Gasteiger partial charge < -0.3 is 0 Å². The molecule has 6 heteroatoms. The number of nitrogens with zero attached hydrogens (tertiary/aromatic N) is 2. The second-order valence-electron chi connectivity index (χ2n) is 3.10. The molecule has 2 N–H and O–H groups in total. The van der Waals surface area contributed by atoms with E-state index in [9.17, 15) is 8.42 Å². The Balaban J connectivity index is 2.60. The summed E-state index contributed by atoms with van der Waals surface area (Å²) in [6.45, 7) is 0. The van der Waals surface area contributed by atoms with Gasteiger partial charge >= 0.3 is 0 Å². The molecule has 1 aliphatic carbocycles. The number of primary sulfonamides is 1. The maximum absolute atomic E-state index is 11.1. The summed E-state index contributed by atoms with van der Waals surface area (Å²) in [4.78, 5) is 7.82. The van der Waals surface area contributed by atoms with Gasteiger partial charge in [0.1, 0.15) is 6.33 Å². The lowest BCUT2D eigenvalue weighted by molar-refractivity contribution is 0.592. The highest BCUT2D eigenvalue weighted by Crippen LogP contribution is 2.06. The van der Waals surface area contributed by atoms with E-state index < -0.39 is 15.3 Å². The van der Waals surface area contributed by atoms with Crippen molar-refractivity contribution in [3.05, 3.63) is 23.1 Å². The minimum atomic E-state index is -3.51. The summed E-state index contributed by atoms with van der Waals surface area (Å²) >= 11 is 0. The molecular weight excluding hydrogens is 202 g/mol. The first-order chi connectivity index (χ1) is 6.57. The fraction of sp³-hybridized carbons (Fsp3) is 0.250. The fourth-order valence-electron chi connectivity index (χ4n) is 1.37. The number of fused-ring (bicyclic) bond motifs is 1. The molecular formula is C8H9N3O2S. The molecule has 0 saturated carbocycles. The fourth-order valence-corrected chi connectivity index (χ4v) is 2.07. The van der Waals surface area contributed by atoms with Gasteiger partial charge in [-0.05, 0) is 6.42 Å². The molecule has 1 atom stereocenters. The minimum Gasteiger partial charge on any atom is -0.244 e. The molecule has 0 bridgehead atoms. The molecule has 74 valence electrons. The first kappa shape index (κ1) is 9.29. The Labute approximate surface area is 81.0 Å². The lowest BCUT2D eigenvalue weighted by Gasteiger charge is -2.10. The highest BCUT2D eigenvalue weighted by atomic mass is 32.2. The van der Waals surface area contributed by atoms with Gasteiger partial charge in [-0.3, -0.25) is 0 Å². The van der Waals surface area contributed by atoms with Gasteiger partial charge in [-0.25, -0.2) is 23.5 Å². The second kappa shape index (κ2) is 3.14. The Morgan fingerprint density at radius 1 is 1.50 bits per heavy atom. The Bertz CT molecular complexity index is 564. The zero-order chi connectivity index (χ0) is 10.2. The normalized spacial score (nSPS) is 20.5. The maximum Gasteiger partial charge on any atom is 0.215 e. The Morgan fingerprint density at radius 3 is 3.00 bits per heavy atom. The number of rotatable bonds is 1. The third kappa shape index (κ3) is 1.66. The molecule has 1 aromatic heterocycles. The van der Waals surface area contributed by atoms with Crippen molar-refractivity contribution in [2.45, 2.75) is 11.7 Å². The summed E-state index contributed by atoms with van der Waals surface area (Å²) in [6, 6.07) is 0. The highest BCUT2D eigenvalue weighted by Gasteiger charge is 2.19. The molecule has 0 amide bonds. The van der Waals surface area contributed by atoms with Crippen LogP contribution < -0.4 is 15.7 Å². The van der Waals surface area contributed by atoms with Gasteiger partial charge in [0.2, 0.25) is 10.0 Å². The van der Waals surface area contributed by atoms with Crippen molar-refractivity contribution in [2.24, 2.45) is 5.14 Å². The number of aromatic nitrogens is 2. The van der Waals surface area contributed by atoms with Crippen molar-refractivity contribution < 1.29 is 8.42 Å². The van der Waals surface area contributed by atoms with E-state index in [1.54, 1.807) is 18.3 Å². The molecule has 1 aliphatic rings. The van der Waals surface area contributed by atoms with Crippen molar-refractivity contribution in [1.29, 1.82) is 0 Å². The molecule has 1 heterocycles. The van der Waals surface area contributed by atoms with Gasteiger partial charge in [0.05, 0.1) is 10.6 Å². The number of hydrogen-bond acceptors (Lipinski definition) is 4. The predicted molar refractivity (Wildman–Crippen MR) is 51.7 cm³/mol. The van der Waals surface area contributed by atoms with Crippen molar-refractivity contribution in [3.63, 3.8) is 0 Å². The Morgan fingerprint density at radius 2 is 2.29 bits per heavy atom. The molecule has 0 saturated heterocycles. The average molecular weight is 211 g/mol. The molecule has 0 aromatic carbocycles. The monoisotopic (exact) mass is 211 g/mol. The zero-order valence-electron chi connectivity index (χ0n) is 7.29. The van der Waals surface area contributed by atoms with E-state index in [1.807, 2.05) is 0 Å². The minimum absolute atomic E-state index is 0.378. The van der Waals surface area contributed by atoms with Crippen LogP contribution in [-0.2, 0) is 10.0 Å². The molecule has 0 spiro atoms. The molecule has 1 aromatic rings. The summed E-state index contributed by atoms with van der Waals surface area (Å²) in [7, 11) is -3.51. The third-order valence-electron chi connectivity index (χ3n) is 2.10. The van der Waals surface area contributed by atoms with Crippen LogP contribution in [0.3, 0.4) is 0 Å². The largest absolute Gasteiger partial charge is 0.244 e. The van der Waals surface area contributed by atoms with Crippen molar-refractivity contribution in [3.8, 4) is 0 Å². The van der Waals surface area contributed by atoms with E-state index in [1.165, 1.54) is 6.33 Å². The lowest BCUT2D eigenvalue weighted by atomic mass is 10.1. The van der Waals surface area contributed by atoms with Gasteiger partial charge in [-0.2, -0.15) is 0 Å². The molecule has 1 unspecified atom stereocenters. The predicted octanol–water partition coefficient (Wildman–Crippen LogP) is -1.90. The summed E-state index contributed by atoms with van der Waals surface area (Å²) in [6.07, 6.45) is 6.73. The van der Waals surface area contributed by atoms with E-state index in [2.05, 4.69) is 9.97 Å². The molecule has 5 nitrogen and oxygen atoms in total. The Hall–Kier alpha value is -1.27. The maximum atomic E-state index is 11.1. The van der Waals surface area contributed by atoms with Crippen molar-refractivity contribution in [1.82, 2.24) is 9.97 Å². The van der Waals surface area contributed by atoms with E-state index in [4.69, 9.17) is 5.14 Å². The average Bonchev–Trinajstić information content (AvgIpc) is 2.16. The van der Waals surface area contributed by atoms with Crippen LogP contribution in [0.25, 0.3) is 12.2 Å². The van der Waals surface area contributed by atoms with Gasteiger partial charge in [-0.15, -0.1) is 0 Å². The first-order valence-corrected chi connectivity index (χ1v) is 5.68. The highest BCUT2D eigenvalue weighted by molar-refractivity contribution is 7.90. The zero-order valence-corrected chi connectivity index (χ0v) is 8.11. The van der Waals surface area contributed by atoms with Crippen LogP contribution in [0.1, 0.15) is 6.42 Å². The van der Waals surface area contributed by atoms with E-state index >= 15 is 0 Å². The third-order valence-corrected chi connectivity index (χ3v) is 3.28. The van der Waals surface area contributed by atoms with E-state index in [0.29, 0.717) is 6.42 Å². The molecule has 0 radical (unpaired) electrons. The van der Waals surface area contributed by atoms with Crippen LogP contribution in [0.4, 0.5) is 0 Å². The molecule has 14 heavy (non-hydrogen) atoms. The molecule has 0 aliphatic heterocycles. The number of sulfonamides is 1. The van der Waals surface area contributed by atoms with Gasteiger partial charge in [-0.1, -0.05) is 12.2 Å². The van der Waals surface area contributed by atoms with Crippen molar-refractivity contribution in [2.75, 3.05) is 0 Å². The first-order valence-electron chi connectivity index (χ1n) is 4.07. The van der Waals surface area contributed by atoms with Crippen LogP contribution in [0.2, 0.25) is 0 Å². The van der Waals surface area contributed by atoms with Crippen LogP contribution >= 0.6 is 0 Å². The summed E-state index contributed by atoms with van der Waals surface area (Å²) in [5.74, 6) is 0. The summed E-state index contributed by atoms with van der Waals surface area (Å²) in [5, 5.41) is 5.88. The molecule has 0 fully saturated rings. The van der Waals surface area contributed by atoms with E-state index in [-0.39, 0.29) is 0 Å². The van der Waals surface area contributed by atoms with Crippen LogP contribution in [-0.4, -0.2) is 23.6 Å². The van der Waals surface area contributed by atoms with Crippen LogP contribution in [0.15, 0.2) is 12.5 Å². The lowest BCUT2D eigenvalue weighted by Crippen LogP contribution is -2.38. The molecule has 2 rings (SSSR count). The van der Waals surface area contributed by atoms with E-state index in [0.717, 1.165) is 10.6 Å². The SMILES string of the molecule is NS(=O)(=O)C1C=c2cncnc2=CC1. The Kier molecular flexibility index (Phi) is 2.09. The number of nitrogens with two attached hydrogens (primary N) is 1. The topological polar surface area (TPSA) is 85.9 Å². The smallest absolute Gasteiger partial charge is 0.215 e. The quantitative estimate of drug-likeness (QED) is 0.588.